The lowest BCUT2D eigenvalue weighted by Gasteiger charge is -2.23. The molecule has 18 heavy (non-hydrogen) atoms. The monoisotopic (exact) mass is 245 g/mol. The molecule has 0 saturated heterocycles. The SMILES string of the molecule is Cc1ccccc1N(C)C(N)=NC1CCCCC1. The second-order valence-electron chi connectivity index (χ2n) is 5.12. The van der Waals surface area contributed by atoms with Gasteiger partial charge >= 0.3 is 0 Å². The van der Waals surface area contributed by atoms with Gasteiger partial charge in [0, 0.05) is 12.7 Å². The summed E-state index contributed by atoms with van der Waals surface area (Å²) >= 11 is 0. The molecule has 1 aromatic rings. The van der Waals surface area contributed by atoms with Crippen molar-refractivity contribution in [3.8, 4) is 0 Å². The molecule has 1 aliphatic carbocycles. The maximum atomic E-state index is 6.12. The molecule has 1 aliphatic rings. The van der Waals surface area contributed by atoms with Gasteiger partial charge < -0.3 is 10.6 Å². The van der Waals surface area contributed by atoms with E-state index in [2.05, 4.69) is 24.0 Å². The molecule has 1 aromatic carbocycles. The number of aryl methyl sites for hydroxylation is 1. The Morgan fingerprint density at radius 1 is 1.22 bits per heavy atom. The summed E-state index contributed by atoms with van der Waals surface area (Å²) in [5.74, 6) is 0.635. The van der Waals surface area contributed by atoms with Crippen molar-refractivity contribution < 1.29 is 0 Å². The zero-order valence-corrected chi connectivity index (χ0v) is 11.4. The average Bonchev–Trinajstić information content (AvgIpc) is 2.39. The zero-order valence-electron chi connectivity index (χ0n) is 11.4. The van der Waals surface area contributed by atoms with Crippen LogP contribution in [0.5, 0.6) is 0 Å². The minimum Gasteiger partial charge on any atom is -0.370 e. The molecule has 0 spiro atoms. The fourth-order valence-corrected chi connectivity index (χ4v) is 2.55. The number of hydrogen-bond donors (Lipinski definition) is 1. The molecule has 2 N–H and O–H groups in total. The summed E-state index contributed by atoms with van der Waals surface area (Å²) in [7, 11) is 1.99. The molecule has 1 saturated carbocycles. The van der Waals surface area contributed by atoms with Crippen LogP contribution in [0.2, 0.25) is 0 Å². The van der Waals surface area contributed by atoms with Gasteiger partial charge in [0.15, 0.2) is 5.96 Å². The van der Waals surface area contributed by atoms with Crippen molar-refractivity contribution >= 4 is 11.6 Å². The molecule has 98 valence electrons. The van der Waals surface area contributed by atoms with Gasteiger partial charge in [0.2, 0.25) is 0 Å². The Morgan fingerprint density at radius 3 is 2.56 bits per heavy atom. The van der Waals surface area contributed by atoms with Gasteiger partial charge in [-0.2, -0.15) is 0 Å². The van der Waals surface area contributed by atoms with Gasteiger partial charge in [-0.25, -0.2) is 4.99 Å². The zero-order chi connectivity index (χ0) is 13.0. The minimum atomic E-state index is 0.421. The number of nitrogens with two attached hydrogens (primary N) is 1. The van der Waals surface area contributed by atoms with Crippen LogP contribution in [0.15, 0.2) is 29.3 Å². The fraction of sp³-hybridized carbons (Fsp3) is 0.533. The average molecular weight is 245 g/mol. The second-order valence-corrected chi connectivity index (χ2v) is 5.12. The highest BCUT2D eigenvalue weighted by atomic mass is 15.2. The first-order chi connectivity index (χ1) is 8.68. The van der Waals surface area contributed by atoms with Crippen molar-refractivity contribution in [1.82, 2.24) is 0 Å². The number of nitrogens with zero attached hydrogens (tertiary/aromatic N) is 2. The minimum absolute atomic E-state index is 0.421. The lowest BCUT2D eigenvalue weighted by atomic mass is 9.96. The normalized spacial score (nSPS) is 17.8. The van der Waals surface area contributed by atoms with E-state index in [9.17, 15) is 0 Å². The smallest absolute Gasteiger partial charge is 0.195 e. The molecule has 3 heteroatoms. The third kappa shape index (κ3) is 3.03. The summed E-state index contributed by atoms with van der Waals surface area (Å²) in [5, 5.41) is 0. The van der Waals surface area contributed by atoms with Crippen LogP contribution >= 0.6 is 0 Å². The van der Waals surface area contributed by atoms with E-state index < -0.39 is 0 Å². The number of anilines is 1. The molecule has 0 radical (unpaired) electrons. The van der Waals surface area contributed by atoms with E-state index in [1.54, 1.807) is 0 Å². The van der Waals surface area contributed by atoms with Crippen LogP contribution in [0.4, 0.5) is 5.69 Å². The third-order valence-electron chi connectivity index (χ3n) is 3.71. The number of aliphatic imine (C=N–C) groups is 1. The Hall–Kier alpha value is -1.51. The van der Waals surface area contributed by atoms with Crippen LogP contribution in [0, 0.1) is 6.92 Å². The van der Waals surface area contributed by atoms with Crippen molar-refractivity contribution in [3.63, 3.8) is 0 Å². The van der Waals surface area contributed by atoms with Crippen LogP contribution in [-0.4, -0.2) is 19.0 Å². The Kier molecular flexibility index (Phi) is 4.24. The van der Waals surface area contributed by atoms with Crippen LogP contribution in [0.25, 0.3) is 0 Å². The van der Waals surface area contributed by atoms with Gasteiger partial charge in [-0.1, -0.05) is 37.5 Å². The van der Waals surface area contributed by atoms with E-state index >= 15 is 0 Å². The molecule has 0 bridgehead atoms. The van der Waals surface area contributed by atoms with Gasteiger partial charge in [0.05, 0.1) is 6.04 Å². The van der Waals surface area contributed by atoms with E-state index in [1.807, 2.05) is 24.1 Å². The summed E-state index contributed by atoms with van der Waals surface area (Å²) in [4.78, 5) is 6.66. The topological polar surface area (TPSA) is 41.6 Å². The highest BCUT2D eigenvalue weighted by Gasteiger charge is 2.14. The van der Waals surface area contributed by atoms with Crippen molar-refractivity contribution in [2.24, 2.45) is 10.7 Å². The second kappa shape index (κ2) is 5.89. The molecule has 0 unspecified atom stereocenters. The number of benzene rings is 1. The first-order valence-corrected chi connectivity index (χ1v) is 6.81. The van der Waals surface area contributed by atoms with Crippen molar-refractivity contribution in [3.05, 3.63) is 29.8 Å². The van der Waals surface area contributed by atoms with Crippen molar-refractivity contribution in [1.29, 1.82) is 0 Å². The molecule has 3 nitrogen and oxygen atoms in total. The molecule has 0 atom stereocenters. The molecule has 2 rings (SSSR count). The highest BCUT2D eigenvalue weighted by Crippen LogP contribution is 2.22. The fourth-order valence-electron chi connectivity index (χ4n) is 2.55. The lowest BCUT2D eigenvalue weighted by molar-refractivity contribution is 0.443. The molecule has 0 amide bonds. The van der Waals surface area contributed by atoms with E-state index in [4.69, 9.17) is 5.73 Å². The van der Waals surface area contributed by atoms with Gasteiger partial charge in [-0.3, -0.25) is 0 Å². The van der Waals surface area contributed by atoms with Gasteiger partial charge in [0.1, 0.15) is 0 Å². The summed E-state index contributed by atoms with van der Waals surface area (Å²) < 4.78 is 0. The quantitative estimate of drug-likeness (QED) is 0.642. The Labute approximate surface area is 110 Å². The van der Waals surface area contributed by atoms with E-state index in [0.29, 0.717) is 12.0 Å². The predicted molar refractivity (Wildman–Crippen MR) is 78.1 cm³/mol. The number of hydrogen-bond acceptors (Lipinski definition) is 1. The first kappa shape index (κ1) is 12.9. The Balaban J connectivity index is 2.10. The molecule has 0 heterocycles. The summed E-state index contributed by atoms with van der Waals surface area (Å²) in [6.07, 6.45) is 6.29. The van der Waals surface area contributed by atoms with Crippen molar-refractivity contribution in [2.45, 2.75) is 45.1 Å². The standard InChI is InChI=1S/C15H23N3/c1-12-8-6-7-11-14(12)18(2)15(16)17-13-9-4-3-5-10-13/h6-8,11,13H,3-5,9-10H2,1-2H3,(H2,16,17). The Bertz CT molecular complexity index is 420. The number of rotatable bonds is 2. The molecule has 0 aromatic heterocycles. The predicted octanol–water partition coefficient (Wildman–Crippen LogP) is 3.08. The van der Waals surface area contributed by atoms with E-state index in [1.165, 1.54) is 37.7 Å². The Morgan fingerprint density at radius 2 is 1.89 bits per heavy atom. The maximum Gasteiger partial charge on any atom is 0.195 e. The largest absolute Gasteiger partial charge is 0.370 e. The van der Waals surface area contributed by atoms with Gasteiger partial charge in [0.25, 0.3) is 0 Å². The van der Waals surface area contributed by atoms with E-state index in [-0.39, 0.29) is 0 Å². The third-order valence-corrected chi connectivity index (χ3v) is 3.71. The molecular formula is C15H23N3. The summed E-state index contributed by atoms with van der Waals surface area (Å²) in [6.45, 7) is 2.10. The lowest BCUT2D eigenvalue weighted by Crippen LogP contribution is -2.35. The first-order valence-electron chi connectivity index (χ1n) is 6.81. The molecule has 1 fully saturated rings. The number of guanidine groups is 1. The molecular weight excluding hydrogens is 222 g/mol. The van der Waals surface area contributed by atoms with Crippen LogP contribution in [-0.2, 0) is 0 Å². The summed E-state index contributed by atoms with van der Waals surface area (Å²) in [6, 6.07) is 8.68. The van der Waals surface area contributed by atoms with E-state index in [0.717, 1.165) is 5.69 Å². The maximum absolute atomic E-state index is 6.12. The van der Waals surface area contributed by atoms with Gasteiger partial charge in [-0.05, 0) is 31.4 Å². The van der Waals surface area contributed by atoms with Crippen LogP contribution < -0.4 is 10.6 Å². The van der Waals surface area contributed by atoms with Crippen LogP contribution in [0.3, 0.4) is 0 Å². The summed E-state index contributed by atoms with van der Waals surface area (Å²) in [5.41, 5.74) is 8.48. The van der Waals surface area contributed by atoms with Crippen molar-refractivity contribution in [2.75, 3.05) is 11.9 Å². The van der Waals surface area contributed by atoms with Crippen LogP contribution in [0.1, 0.15) is 37.7 Å². The van der Waals surface area contributed by atoms with Gasteiger partial charge in [-0.15, -0.1) is 0 Å². The number of para-hydroxylation sites is 1. The molecule has 0 aliphatic heterocycles. The highest BCUT2D eigenvalue weighted by molar-refractivity contribution is 5.95.